The predicted molar refractivity (Wildman–Crippen MR) is 101 cm³/mol. The number of rotatable bonds is 3. The van der Waals surface area contributed by atoms with Gasteiger partial charge in [0.05, 0.1) is 0 Å². The summed E-state index contributed by atoms with van der Waals surface area (Å²) in [6, 6.07) is 34.6. The fourth-order valence-corrected chi connectivity index (χ4v) is 2.78. The molecule has 0 spiro atoms. The fraction of sp³-hybridized carbons (Fsp3) is 0.0435. The third kappa shape index (κ3) is 4.80. The summed E-state index contributed by atoms with van der Waals surface area (Å²) in [7, 11) is 0. The van der Waals surface area contributed by atoms with Crippen LogP contribution in [-0.2, 0) is 23.7 Å². The molecule has 0 fully saturated rings. The second kappa shape index (κ2) is 9.80. The Labute approximate surface area is 159 Å². The summed E-state index contributed by atoms with van der Waals surface area (Å²) in [5, 5.41) is 9.54. The van der Waals surface area contributed by atoms with Crippen molar-refractivity contribution < 1.29 is 22.2 Å². The zero-order valence-electron chi connectivity index (χ0n) is 13.8. The second-order valence-electron chi connectivity index (χ2n) is 5.50. The third-order valence-electron chi connectivity index (χ3n) is 3.91. The molecule has 0 saturated carbocycles. The van der Waals surface area contributed by atoms with Gasteiger partial charge in [0, 0.05) is 23.7 Å². The summed E-state index contributed by atoms with van der Waals surface area (Å²) in [5.41, 5.74) is 5.62. The van der Waals surface area contributed by atoms with E-state index in [0.717, 1.165) is 16.7 Å². The van der Waals surface area contributed by atoms with E-state index in [1.165, 1.54) is 11.1 Å². The van der Waals surface area contributed by atoms with Gasteiger partial charge in [-0.3, -0.25) is 0 Å². The van der Waals surface area contributed by atoms with Gasteiger partial charge in [0.2, 0.25) is 0 Å². The SMILES string of the molecule is OC[c-]1ccc(-c2ccccc2)c1-c1ccccc1.[Fe].[cH-]1[cH-][cH-][cH-][cH-]1. The first-order valence-corrected chi connectivity index (χ1v) is 8.07. The van der Waals surface area contributed by atoms with Crippen LogP contribution in [-0.4, -0.2) is 5.11 Å². The number of benzene rings is 2. The molecule has 0 aromatic heterocycles. The number of hydrogen-bond donors (Lipinski definition) is 1. The van der Waals surface area contributed by atoms with Crippen molar-refractivity contribution in [1.82, 2.24) is 0 Å². The van der Waals surface area contributed by atoms with Crippen LogP contribution in [0.15, 0.2) is 103 Å². The maximum absolute atomic E-state index is 9.54. The Morgan fingerprint density at radius 3 is 1.64 bits per heavy atom. The summed E-state index contributed by atoms with van der Waals surface area (Å²) in [6.07, 6.45) is 0. The molecular weight excluding hydrogens is 348 g/mol. The van der Waals surface area contributed by atoms with E-state index in [-0.39, 0.29) is 23.7 Å². The van der Waals surface area contributed by atoms with Crippen molar-refractivity contribution in [3.8, 4) is 22.3 Å². The van der Waals surface area contributed by atoms with Crippen LogP contribution < -0.4 is 0 Å². The van der Waals surface area contributed by atoms with Crippen molar-refractivity contribution in [1.29, 1.82) is 0 Å². The van der Waals surface area contributed by atoms with Crippen LogP contribution in [0, 0.1) is 0 Å². The van der Waals surface area contributed by atoms with Crippen molar-refractivity contribution in [2.75, 3.05) is 0 Å². The standard InChI is InChI=1S/C18H15O.C5H5.Fe/c19-13-16-11-12-17(14-7-3-1-4-8-14)18(16)15-9-5-2-6-10-15;1-2-4-5-3-1;/h1-12,19H,13H2;1-5H;/q-1;-5;. The van der Waals surface area contributed by atoms with Gasteiger partial charge in [-0.15, -0.1) is 22.8 Å². The molecule has 0 aliphatic rings. The summed E-state index contributed by atoms with van der Waals surface area (Å²) < 4.78 is 0. The Kier molecular flexibility index (Phi) is 7.43. The molecule has 25 heavy (non-hydrogen) atoms. The molecule has 4 aromatic rings. The van der Waals surface area contributed by atoms with Gasteiger partial charge in [-0.1, -0.05) is 71.8 Å². The Morgan fingerprint density at radius 2 is 1.16 bits per heavy atom. The maximum Gasteiger partial charge on any atom is 0.0347 e. The van der Waals surface area contributed by atoms with Gasteiger partial charge in [0.1, 0.15) is 0 Å². The zero-order chi connectivity index (χ0) is 16.6. The summed E-state index contributed by atoms with van der Waals surface area (Å²) in [6.45, 7) is 0.0665. The minimum Gasteiger partial charge on any atom is -0.748 e. The molecule has 132 valence electrons. The number of aliphatic hydroxyl groups is 1. The van der Waals surface area contributed by atoms with Crippen LogP contribution in [0.5, 0.6) is 0 Å². The summed E-state index contributed by atoms with van der Waals surface area (Å²) >= 11 is 0. The molecule has 0 atom stereocenters. The average Bonchev–Trinajstić information content (AvgIpc) is 3.36. The van der Waals surface area contributed by atoms with Gasteiger partial charge in [-0.2, -0.15) is 6.07 Å². The minimum absolute atomic E-state index is 0. The van der Waals surface area contributed by atoms with Crippen molar-refractivity contribution in [2.24, 2.45) is 0 Å². The Morgan fingerprint density at radius 1 is 0.680 bits per heavy atom. The Balaban J connectivity index is 0.000000325. The summed E-state index contributed by atoms with van der Waals surface area (Å²) in [5.74, 6) is 0. The molecule has 0 aliphatic heterocycles. The quantitative estimate of drug-likeness (QED) is 0.367. The zero-order valence-corrected chi connectivity index (χ0v) is 14.9. The number of hydrogen-bond acceptors (Lipinski definition) is 1. The smallest absolute Gasteiger partial charge is 0.0347 e. The van der Waals surface area contributed by atoms with E-state index in [0.29, 0.717) is 0 Å². The van der Waals surface area contributed by atoms with Crippen LogP contribution in [0.2, 0.25) is 0 Å². The molecule has 0 amide bonds. The van der Waals surface area contributed by atoms with Gasteiger partial charge >= 0.3 is 0 Å². The molecule has 0 unspecified atom stereocenters. The molecule has 2 heteroatoms. The normalized spacial score (nSPS) is 9.64. The van der Waals surface area contributed by atoms with Crippen molar-refractivity contribution in [2.45, 2.75) is 6.61 Å². The molecule has 4 rings (SSSR count). The van der Waals surface area contributed by atoms with E-state index in [1.807, 2.05) is 72.8 Å². The minimum atomic E-state index is 0. The monoisotopic (exact) mass is 368 g/mol. The van der Waals surface area contributed by atoms with Gasteiger partial charge in [-0.05, 0) is 0 Å². The third-order valence-corrected chi connectivity index (χ3v) is 3.91. The Bertz CT molecular complexity index is 813. The van der Waals surface area contributed by atoms with E-state index in [9.17, 15) is 5.11 Å². The van der Waals surface area contributed by atoms with Crippen LogP contribution in [0.25, 0.3) is 22.3 Å². The molecule has 0 radical (unpaired) electrons. The summed E-state index contributed by atoms with van der Waals surface area (Å²) in [4.78, 5) is 0. The molecule has 4 aromatic carbocycles. The molecule has 0 heterocycles. The average molecular weight is 368 g/mol. The van der Waals surface area contributed by atoms with Crippen molar-refractivity contribution in [3.05, 3.63) is 109 Å². The maximum atomic E-state index is 9.54. The van der Waals surface area contributed by atoms with E-state index >= 15 is 0 Å². The van der Waals surface area contributed by atoms with Gasteiger partial charge in [-0.25, -0.2) is 0 Å². The molecule has 1 nitrogen and oxygen atoms in total. The Hall–Kier alpha value is -2.38. The topological polar surface area (TPSA) is 20.2 Å². The molecule has 0 saturated heterocycles. The van der Waals surface area contributed by atoms with E-state index < -0.39 is 0 Å². The van der Waals surface area contributed by atoms with Gasteiger partial charge in [0.25, 0.3) is 0 Å². The first kappa shape index (κ1) is 19.0. The molecule has 0 bridgehead atoms. The van der Waals surface area contributed by atoms with Crippen LogP contribution in [0.1, 0.15) is 5.56 Å². The molecular formula is C23H20FeO-6. The van der Waals surface area contributed by atoms with Crippen LogP contribution in [0.3, 0.4) is 0 Å². The van der Waals surface area contributed by atoms with Crippen LogP contribution in [0.4, 0.5) is 0 Å². The van der Waals surface area contributed by atoms with E-state index in [2.05, 4.69) is 30.3 Å². The fourth-order valence-electron chi connectivity index (χ4n) is 2.78. The second-order valence-corrected chi connectivity index (χ2v) is 5.50. The predicted octanol–water partition coefficient (Wildman–Crippen LogP) is 5.63. The van der Waals surface area contributed by atoms with E-state index in [4.69, 9.17) is 0 Å². The molecule has 0 aliphatic carbocycles. The number of aliphatic hydroxyl groups excluding tert-OH is 1. The van der Waals surface area contributed by atoms with Gasteiger partial charge in [0.15, 0.2) is 0 Å². The van der Waals surface area contributed by atoms with Crippen molar-refractivity contribution >= 4 is 0 Å². The molecule has 1 N–H and O–H groups in total. The largest absolute Gasteiger partial charge is 0.748 e. The first-order chi connectivity index (χ1) is 11.9. The van der Waals surface area contributed by atoms with Crippen molar-refractivity contribution in [3.63, 3.8) is 0 Å². The van der Waals surface area contributed by atoms with Crippen LogP contribution >= 0.6 is 0 Å². The van der Waals surface area contributed by atoms with Gasteiger partial charge < -0.3 is 35.4 Å². The first-order valence-electron chi connectivity index (χ1n) is 8.07. The van der Waals surface area contributed by atoms with E-state index in [1.54, 1.807) is 0 Å².